The Morgan fingerprint density at radius 1 is 1.36 bits per heavy atom. The van der Waals surface area contributed by atoms with Gasteiger partial charge in [0.15, 0.2) is 5.76 Å². The van der Waals surface area contributed by atoms with Gasteiger partial charge in [0.2, 0.25) is 5.95 Å². The molecule has 7 heteroatoms. The topological polar surface area (TPSA) is 77.2 Å². The summed E-state index contributed by atoms with van der Waals surface area (Å²) in [6.45, 7) is 1.16. The van der Waals surface area contributed by atoms with Crippen molar-refractivity contribution in [1.29, 1.82) is 0 Å². The van der Waals surface area contributed by atoms with E-state index in [2.05, 4.69) is 15.3 Å². The Labute approximate surface area is 149 Å². The van der Waals surface area contributed by atoms with E-state index < -0.39 is 0 Å². The molecule has 1 N–H and O–H groups in total. The minimum atomic E-state index is -0.327. The largest absolute Gasteiger partial charge is 0.451 e. The molecule has 0 saturated heterocycles. The summed E-state index contributed by atoms with van der Waals surface area (Å²) in [7, 11) is 0. The van der Waals surface area contributed by atoms with Gasteiger partial charge in [0.1, 0.15) is 5.58 Å². The molecule has 1 aliphatic rings. The number of para-hydroxylation sites is 1. The number of carbonyl (C=O) groups excluding carboxylic acids is 1. The Morgan fingerprint density at radius 2 is 2.24 bits per heavy atom. The van der Waals surface area contributed by atoms with E-state index in [0.717, 1.165) is 28.6 Å². The van der Waals surface area contributed by atoms with Crippen molar-refractivity contribution in [3.63, 3.8) is 0 Å². The average molecular weight is 355 g/mol. The van der Waals surface area contributed by atoms with Crippen LogP contribution in [0.4, 0.5) is 5.95 Å². The molecule has 1 aliphatic heterocycles. The van der Waals surface area contributed by atoms with Crippen molar-refractivity contribution in [3.05, 3.63) is 53.0 Å². The maximum absolute atomic E-state index is 12.7. The van der Waals surface area contributed by atoms with Crippen LogP contribution in [0.5, 0.6) is 0 Å². The summed E-state index contributed by atoms with van der Waals surface area (Å²) in [6, 6.07) is 7.67. The number of hydrogen-bond acceptors (Lipinski definition) is 6. The lowest BCUT2D eigenvalue weighted by Gasteiger charge is -2.15. The van der Waals surface area contributed by atoms with Gasteiger partial charge in [-0.2, -0.15) is 11.8 Å². The quantitative estimate of drug-likeness (QED) is 0.773. The third-order valence-electron chi connectivity index (χ3n) is 4.11. The Balaban J connectivity index is 1.65. The van der Waals surface area contributed by atoms with Crippen LogP contribution in [0.25, 0.3) is 11.0 Å². The number of anilines is 1. The van der Waals surface area contributed by atoms with Gasteiger partial charge < -0.3 is 9.15 Å². The van der Waals surface area contributed by atoms with Crippen molar-refractivity contribution in [2.24, 2.45) is 0 Å². The van der Waals surface area contributed by atoms with Crippen molar-refractivity contribution in [3.8, 4) is 0 Å². The Kier molecular flexibility index (Phi) is 4.42. The summed E-state index contributed by atoms with van der Waals surface area (Å²) in [5.74, 6) is 0.982. The van der Waals surface area contributed by atoms with E-state index in [4.69, 9.17) is 9.15 Å². The Morgan fingerprint density at radius 3 is 3.12 bits per heavy atom. The second-order valence-electron chi connectivity index (χ2n) is 5.76. The van der Waals surface area contributed by atoms with E-state index >= 15 is 0 Å². The molecule has 6 nitrogen and oxygen atoms in total. The highest BCUT2D eigenvalue weighted by Crippen LogP contribution is 2.29. The summed E-state index contributed by atoms with van der Waals surface area (Å²) in [6.07, 6.45) is 4.43. The van der Waals surface area contributed by atoms with Crippen LogP contribution in [-0.4, -0.2) is 28.7 Å². The van der Waals surface area contributed by atoms with Crippen LogP contribution < -0.4 is 5.32 Å². The fraction of sp³-hybridized carbons (Fsp3) is 0.278. The number of nitrogens with zero attached hydrogens (tertiary/aromatic N) is 2. The number of fused-ring (bicyclic) bond motifs is 2. The van der Waals surface area contributed by atoms with Gasteiger partial charge >= 0.3 is 0 Å². The number of carbonyl (C=O) groups is 1. The molecule has 1 aromatic carbocycles. The van der Waals surface area contributed by atoms with Crippen LogP contribution in [0, 0.1) is 0 Å². The summed E-state index contributed by atoms with van der Waals surface area (Å²) >= 11 is 1.65. The number of rotatable bonds is 4. The number of benzene rings is 1. The number of aromatic nitrogens is 2. The lowest BCUT2D eigenvalue weighted by molar-refractivity contribution is 0.0996. The predicted molar refractivity (Wildman–Crippen MR) is 96.8 cm³/mol. The number of nitrogens with one attached hydrogen (secondary N) is 1. The zero-order chi connectivity index (χ0) is 17.2. The smallest absolute Gasteiger partial charge is 0.294 e. The van der Waals surface area contributed by atoms with Crippen LogP contribution in [0.2, 0.25) is 0 Å². The Bertz CT molecular complexity index is 938. The molecule has 128 valence electrons. The third-order valence-corrected chi connectivity index (χ3v) is 4.69. The summed E-state index contributed by atoms with van der Waals surface area (Å²) < 4.78 is 11.2. The van der Waals surface area contributed by atoms with E-state index in [1.165, 1.54) is 0 Å². The molecule has 0 saturated carbocycles. The second-order valence-corrected chi connectivity index (χ2v) is 6.63. The van der Waals surface area contributed by atoms with Gasteiger partial charge in [-0.05, 0) is 12.3 Å². The molecular formula is C18H17N3O3S. The standard InChI is InChI=1S/C18H17N3O3S/c1-25-10-13-12-4-2-3-5-15(12)24-16(13)17(22)21-18-19-8-11-9-23-7-6-14(11)20-18/h2-5,8H,6-7,9-10H2,1H3,(H,19,20,21,22). The monoisotopic (exact) mass is 355 g/mol. The number of furan rings is 1. The van der Waals surface area contributed by atoms with Crippen LogP contribution in [-0.2, 0) is 23.5 Å². The highest BCUT2D eigenvalue weighted by molar-refractivity contribution is 7.97. The number of thioether (sulfide) groups is 1. The normalized spacial score (nSPS) is 13.6. The predicted octanol–water partition coefficient (Wildman–Crippen LogP) is 3.41. The molecule has 1 amide bonds. The van der Waals surface area contributed by atoms with E-state index in [-0.39, 0.29) is 5.91 Å². The molecule has 3 heterocycles. The van der Waals surface area contributed by atoms with E-state index in [0.29, 0.717) is 36.3 Å². The van der Waals surface area contributed by atoms with Crippen molar-refractivity contribution in [1.82, 2.24) is 9.97 Å². The second kappa shape index (κ2) is 6.85. The first kappa shape index (κ1) is 16.1. The Hall–Kier alpha value is -2.38. The number of hydrogen-bond donors (Lipinski definition) is 1. The molecule has 4 rings (SSSR count). The van der Waals surface area contributed by atoms with Gasteiger partial charge in [0, 0.05) is 34.9 Å². The molecule has 0 spiro atoms. The van der Waals surface area contributed by atoms with Crippen LogP contribution in [0.3, 0.4) is 0 Å². The van der Waals surface area contributed by atoms with E-state index in [9.17, 15) is 4.79 Å². The molecule has 2 aromatic heterocycles. The molecule has 0 unspecified atom stereocenters. The van der Waals surface area contributed by atoms with Crippen LogP contribution >= 0.6 is 11.8 Å². The van der Waals surface area contributed by atoms with Gasteiger partial charge in [-0.25, -0.2) is 9.97 Å². The average Bonchev–Trinajstić information content (AvgIpc) is 3.01. The van der Waals surface area contributed by atoms with Crippen molar-refractivity contribution in [2.45, 2.75) is 18.8 Å². The first-order chi connectivity index (χ1) is 12.3. The molecule has 0 bridgehead atoms. The zero-order valence-corrected chi connectivity index (χ0v) is 14.6. The van der Waals surface area contributed by atoms with Crippen molar-refractivity contribution in [2.75, 3.05) is 18.2 Å². The van der Waals surface area contributed by atoms with Gasteiger partial charge in [-0.3, -0.25) is 10.1 Å². The molecule has 0 radical (unpaired) electrons. The maximum atomic E-state index is 12.7. The summed E-state index contributed by atoms with van der Waals surface area (Å²) in [5.41, 5.74) is 3.49. The fourth-order valence-corrected chi connectivity index (χ4v) is 3.49. The molecule has 0 atom stereocenters. The van der Waals surface area contributed by atoms with Crippen molar-refractivity contribution >= 4 is 34.6 Å². The first-order valence-corrected chi connectivity index (χ1v) is 9.39. The minimum Gasteiger partial charge on any atom is -0.451 e. The maximum Gasteiger partial charge on any atom is 0.294 e. The van der Waals surface area contributed by atoms with Gasteiger partial charge in [-0.15, -0.1) is 0 Å². The first-order valence-electron chi connectivity index (χ1n) is 7.99. The minimum absolute atomic E-state index is 0.293. The number of amides is 1. The molecule has 0 aliphatic carbocycles. The number of ether oxygens (including phenoxy) is 1. The molecule has 3 aromatic rings. The molecular weight excluding hydrogens is 338 g/mol. The fourth-order valence-electron chi connectivity index (χ4n) is 2.92. The van der Waals surface area contributed by atoms with Gasteiger partial charge in [0.25, 0.3) is 5.91 Å². The zero-order valence-electron chi connectivity index (χ0n) is 13.7. The van der Waals surface area contributed by atoms with Gasteiger partial charge in [0.05, 0.1) is 18.9 Å². The molecule has 25 heavy (non-hydrogen) atoms. The van der Waals surface area contributed by atoms with E-state index in [1.54, 1.807) is 18.0 Å². The van der Waals surface area contributed by atoms with Crippen LogP contribution in [0.1, 0.15) is 27.4 Å². The highest BCUT2D eigenvalue weighted by atomic mass is 32.2. The van der Waals surface area contributed by atoms with Gasteiger partial charge in [-0.1, -0.05) is 18.2 Å². The lowest BCUT2D eigenvalue weighted by Crippen LogP contribution is -2.18. The highest BCUT2D eigenvalue weighted by Gasteiger charge is 2.21. The SMILES string of the molecule is CSCc1c(C(=O)Nc2ncc3c(n2)CCOC3)oc2ccccc12. The lowest BCUT2D eigenvalue weighted by atomic mass is 10.1. The van der Waals surface area contributed by atoms with Crippen molar-refractivity contribution < 1.29 is 13.9 Å². The summed E-state index contributed by atoms with van der Waals surface area (Å²) in [4.78, 5) is 21.4. The third kappa shape index (κ3) is 3.12. The van der Waals surface area contributed by atoms with E-state index in [1.807, 2.05) is 30.5 Å². The van der Waals surface area contributed by atoms with Crippen LogP contribution in [0.15, 0.2) is 34.9 Å². The summed E-state index contributed by atoms with van der Waals surface area (Å²) in [5, 5.41) is 3.73. The molecule has 0 fully saturated rings.